The lowest BCUT2D eigenvalue weighted by Gasteiger charge is -2.24. The second kappa shape index (κ2) is 7.63. The van der Waals surface area contributed by atoms with Gasteiger partial charge in [0.2, 0.25) is 0 Å². The normalized spacial score (nSPS) is 26.9. The Kier molecular flexibility index (Phi) is 6.66. The van der Waals surface area contributed by atoms with Crippen LogP contribution in [0.5, 0.6) is 0 Å². The van der Waals surface area contributed by atoms with Crippen LogP contribution in [-0.4, -0.2) is 52.7 Å². The van der Waals surface area contributed by atoms with E-state index in [4.69, 9.17) is 25.4 Å². The van der Waals surface area contributed by atoms with Crippen LogP contribution in [0, 0.1) is 0 Å². The molecule has 2 rings (SSSR count). The summed E-state index contributed by atoms with van der Waals surface area (Å²) in [4.78, 5) is 10.2. The summed E-state index contributed by atoms with van der Waals surface area (Å²) >= 11 is 0. The van der Waals surface area contributed by atoms with Gasteiger partial charge >= 0.3 is 11.9 Å². The zero-order chi connectivity index (χ0) is 17.0. The Morgan fingerprint density at radius 1 is 1.32 bits per heavy atom. The average molecular weight is 325 g/mol. The number of nitrogens with two attached hydrogens (primary N) is 1. The minimum absolute atomic E-state index is 0.267. The zero-order valence-corrected chi connectivity index (χ0v) is 12.9. The number of hydrogen-bond acceptors (Lipinski definition) is 5. The average Bonchev–Trinajstić information content (AvgIpc) is 2.79. The minimum atomic E-state index is -4.24. The van der Waals surface area contributed by atoms with Crippen molar-refractivity contribution in [2.24, 2.45) is 5.73 Å². The van der Waals surface area contributed by atoms with Gasteiger partial charge in [-0.25, -0.2) is 4.79 Å². The Hall–Kier alpha value is -0.830. The molecule has 2 aliphatic rings. The number of carbonyl (C=O) groups is 1. The fourth-order valence-corrected chi connectivity index (χ4v) is 2.37. The van der Waals surface area contributed by atoms with Crippen molar-refractivity contribution >= 4 is 5.97 Å². The maximum absolute atomic E-state index is 12.9. The van der Waals surface area contributed by atoms with Crippen molar-refractivity contribution < 1.29 is 33.3 Å². The van der Waals surface area contributed by atoms with E-state index in [1.165, 1.54) is 46.0 Å². The van der Waals surface area contributed by atoms with Gasteiger partial charge in [0.15, 0.2) is 11.9 Å². The summed E-state index contributed by atoms with van der Waals surface area (Å²) in [7, 11) is 0. The van der Waals surface area contributed by atoms with Gasteiger partial charge in [-0.3, -0.25) is 0 Å². The third kappa shape index (κ3) is 5.42. The maximum atomic E-state index is 12.9. The summed E-state index contributed by atoms with van der Waals surface area (Å²) in [6.45, 7) is 2.70. The molecule has 1 heterocycles. The molecule has 8 heteroatoms. The Balaban J connectivity index is 0.000000287. The molecule has 2 fully saturated rings. The first-order valence-electron chi connectivity index (χ1n) is 7.43. The van der Waals surface area contributed by atoms with Crippen molar-refractivity contribution in [3.8, 4) is 0 Å². The van der Waals surface area contributed by atoms with Crippen LogP contribution in [0.3, 0.4) is 0 Å². The van der Waals surface area contributed by atoms with Gasteiger partial charge in [-0.15, -0.1) is 0 Å². The van der Waals surface area contributed by atoms with Gasteiger partial charge in [-0.1, -0.05) is 19.3 Å². The molecule has 6 nitrogen and oxygen atoms in total. The molecule has 0 bridgehead atoms. The fraction of sp³-hybridized carbons (Fsp3) is 0.929. The van der Waals surface area contributed by atoms with Crippen LogP contribution >= 0.6 is 0 Å². The van der Waals surface area contributed by atoms with Gasteiger partial charge in [0.05, 0.1) is 6.61 Å². The molecule has 0 unspecified atom stereocenters. The van der Waals surface area contributed by atoms with E-state index in [2.05, 4.69) is 0 Å². The fourth-order valence-electron chi connectivity index (χ4n) is 2.37. The van der Waals surface area contributed by atoms with Gasteiger partial charge in [0, 0.05) is 6.04 Å². The summed E-state index contributed by atoms with van der Waals surface area (Å²) in [6.07, 6.45) is 2.90. The van der Waals surface area contributed by atoms with Gasteiger partial charge in [0.1, 0.15) is 6.10 Å². The maximum Gasteiger partial charge on any atom is 0.377 e. The van der Waals surface area contributed by atoms with Gasteiger partial charge in [-0.2, -0.15) is 8.78 Å². The highest BCUT2D eigenvalue weighted by molar-refractivity contribution is 5.76. The number of aliphatic carboxylic acids is 1. The smallest absolute Gasteiger partial charge is 0.377 e. The summed E-state index contributed by atoms with van der Waals surface area (Å²) in [5.41, 5.74) is 5.63. The summed E-state index contributed by atoms with van der Waals surface area (Å²) in [6, 6.07) is 0.536. The van der Waals surface area contributed by atoms with E-state index in [1.807, 2.05) is 0 Å². The molecule has 0 aromatic carbocycles. The monoisotopic (exact) mass is 325 g/mol. The summed E-state index contributed by atoms with van der Waals surface area (Å²) in [5.74, 6) is -7.71. The Bertz CT molecular complexity index is 372. The quantitative estimate of drug-likeness (QED) is 0.727. The van der Waals surface area contributed by atoms with Gasteiger partial charge in [-0.05, 0) is 26.7 Å². The molecule has 0 aromatic rings. The lowest BCUT2D eigenvalue weighted by Crippen LogP contribution is -2.49. The lowest BCUT2D eigenvalue weighted by atomic mass is 9.97. The summed E-state index contributed by atoms with van der Waals surface area (Å²) in [5, 5.41) is 17.3. The number of halogens is 2. The molecule has 0 spiro atoms. The highest BCUT2D eigenvalue weighted by Crippen LogP contribution is 2.30. The Morgan fingerprint density at radius 2 is 1.86 bits per heavy atom. The van der Waals surface area contributed by atoms with E-state index in [0.29, 0.717) is 6.04 Å². The Labute approximate surface area is 128 Å². The van der Waals surface area contributed by atoms with E-state index in [1.54, 1.807) is 0 Å². The number of rotatable bonds is 3. The second-order valence-electron chi connectivity index (χ2n) is 6.14. The van der Waals surface area contributed by atoms with Crippen molar-refractivity contribution in [3.05, 3.63) is 0 Å². The highest BCUT2D eigenvalue weighted by atomic mass is 19.3. The number of hydrogen-bond donors (Lipinski definition) is 3. The van der Waals surface area contributed by atoms with Crippen LogP contribution in [0.4, 0.5) is 8.78 Å². The predicted octanol–water partition coefficient (Wildman–Crippen LogP) is 1.50. The van der Waals surface area contributed by atoms with Crippen molar-refractivity contribution in [1.82, 2.24) is 0 Å². The van der Waals surface area contributed by atoms with Crippen molar-refractivity contribution in [2.75, 3.05) is 6.61 Å². The molecule has 22 heavy (non-hydrogen) atoms. The van der Waals surface area contributed by atoms with Crippen molar-refractivity contribution in [1.29, 1.82) is 0 Å². The highest BCUT2D eigenvalue weighted by Gasteiger charge is 2.53. The first-order valence-corrected chi connectivity index (χ1v) is 7.43. The SMILES string of the molecule is CC1(C)OC[C@H]([C@@H](O)C(F)(F)C(=O)O)O1.NC1CCCCC1. The first-order chi connectivity index (χ1) is 10.1. The molecule has 130 valence electrons. The molecule has 1 saturated carbocycles. The summed E-state index contributed by atoms with van der Waals surface area (Å²) < 4.78 is 35.6. The number of alkyl halides is 2. The van der Waals surface area contributed by atoms with Gasteiger partial charge in [0.25, 0.3) is 0 Å². The van der Waals surface area contributed by atoms with E-state index in [9.17, 15) is 13.6 Å². The van der Waals surface area contributed by atoms with E-state index in [-0.39, 0.29) is 6.61 Å². The molecule has 0 radical (unpaired) electrons. The van der Waals surface area contributed by atoms with Gasteiger partial charge < -0.3 is 25.4 Å². The number of aliphatic hydroxyl groups excluding tert-OH is 1. The topological polar surface area (TPSA) is 102 Å². The third-order valence-electron chi connectivity index (χ3n) is 3.69. The van der Waals surface area contributed by atoms with E-state index in [0.717, 1.165) is 0 Å². The van der Waals surface area contributed by atoms with E-state index >= 15 is 0 Å². The van der Waals surface area contributed by atoms with Crippen molar-refractivity contribution in [2.45, 2.75) is 75.9 Å². The van der Waals surface area contributed by atoms with E-state index < -0.39 is 29.9 Å². The molecule has 2 atom stereocenters. The molecule has 1 aliphatic carbocycles. The minimum Gasteiger partial charge on any atom is -0.477 e. The van der Waals surface area contributed by atoms with Crippen LogP contribution in [0.15, 0.2) is 0 Å². The molecule has 0 aromatic heterocycles. The Morgan fingerprint density at radius 3 is 2.18 bits per heavy atom. The van der Waals surface area contributed by atoms with Crippen LogP contribution < -0.4 is 5.73 Å². The molecule has 1 aliphatic heterocycles. The number of carboxylic acid groups (broad SMARTS) is 1. The molecular weight excluding hydrogens is 300 g/mol. The van der Waals surface area contributed by atoms with Crippen LogP contribution in [0.25, 0.3) is 0 Å². The largest absolute Gasteiger partial charge is 0.477 e. The third-order valence-corrected chi connectivity index (χ3v) is 3.69. The van der Waals surface area contributed by atoms with Crippen LogP contribution in [0.2, 0.25) is 0 Å². The molecule has 1 saturated heterocycles. The van der Waals surface area contributed by atoms with Crippen molar-refractivity contribution in [3.63, 3.8) is 0 Å². The molecule has 0 amide bonds. The zero-order valence-electron chi connectivity index (χ0n) is 12.9. The second-order valence-corrected chi connectivity index (χ2v) is 6.14. The lowest BCUT2D eigenvalue weighted by molar-refractivity contribution is -0.206. The molecular formula is C14H25F2NO5. The number of ether oxygens (including phenoxy) is 2. The van der Waals surface area contributed by atoms with Crippen LogP contribution in [-0.2, 0) is 14.3 Å². The number of carboxylic acids is 1. The first kappa shape index (κ1) is 19.2. The standard InChI is InChI=1S/C8H12F2O5.C6H13N/c1-7(2)14-3-4(15-7)5(11)8(9,10)6(12)13;7-6-4-2-1-3-5-6/h4-5,11H,3H2,1-2H3,(H,12,13);6H,1-5,7H2/t4-,5-;/m1./s1. The molecule has 4 N–H and O–H groups in total. The number of aliphatic hydroxyl groups is 1. The predicted molar refractivity (Wildman–Crippen MR) is 74.6 cm³/mol. The van der Waals surface area contributed by atoms with Crippen LogP contribution in [0.1, 0.15) is 46.0 Å².